The summed E-state index contributed by atoms with van der Waals surface area (Å²) in [5.74, 6) is -0.396. The van der Waals surface area contributed by atoms with E-state index in [1.807, 2.05) is 0 Å². The van der Waals surface area contributed by atoms with E-state index in [1.165, 1.54) is 0 Å². The van der Waals surface area contributed by atoms with Crippen LogP contribution in [0.4, 0.5) is 0 Å². The fourth-order valence-corrected chi connectivity index (χ4v) is 2.93. The first-order valence-electron chi connectivity index (χ1n) is 4.43. The summed E-state index contributed by atoms with van der Waals surface area (Å²) in [5.41, 5.74) is 0. The normalized spacial score (nSPS) is 12.4. The minimum absolute atomic E-state index is 0.0481. The Kier molecular flexibility index (Phi) is 4.22. The summed E-state index contributed by atoms with van der Waals surface area (Å²) in [7, 11) is 1.77. The van der Waals surface area contributed by atoms with Crippen LogP contribution >= 0.6 is 20.7 Å². The maximum atomic E-state index is 11.3. The number of carbonyl (C=O) groups excluding carboxylic acids is 1. The Hall–Kier alpha value is -0.950. The number of nitrogens with zero attached hydrogens (tertiary/aromatic N) is 1. The van der Waals surface area contributed by atoms with Crippen LogP contribution in [-0.4, -0.2) is 17.1 Å². The van der Waals surface area contributed by atoms with E-state index >= 15 is 0 Å². The van der Waals surface area contributed by atoms with Gasteiger partial charge < -0.3 is 4.74 Å². The van der Waals surface area contributed by atoms with Gasteiger partial charge in [-0.25, -0.2) is 0 Å². The number of carbonyl (C=O) groups is 1. The average molecular weight is 249 g/mol. The fraction of sp³-hybridized carbons (Fsp3) is 0.625. The quantitative estimate of drug-likeness (QED) is 0.586. The lowest BCUT2D eigenvalue weighted by Gasteiger charge is -2.09. The van der Waals surface area contributed by atoms with Gasteiger partial charge in [0.25, 0.3) is 0 Å². The highest BCUT2D eigenvalue weighted by molar-refractivity contribution is 7.67. The van der Waals surface area contributed by atoms with E-state index in [0.717, 1.165) is 25.2 Å². The molecule has 0 bridgehead atoms. The zero-order valence-electron chi connectivity index (χ0n) is 8.39. The van der Waals surface area contributed by atoms with Crippen molar-refractivity contribution >= 4 is 26.7 Å². The van der Waals surface area contributed by atoms with Gasteiger partial charge in [0, 0.05) is 6.04 Å². The van der Waals surface area contributed by atoms with E-state index < -0.39 is 12.0 Å². The number of hydrogen-bond donors (Lipinski definition) is 0. The number of ether oxygens (including phenoxy) is 1. The molecule has 15 heavy (non-hydrogen) atoms. The largest absolute Gasteiger partial charge is 0.466 e. The lowest BCUT2D eigenvalue weighted by atomic mass is 10.2. The van der Waals surface area contributed by atoms with Gasteiger partial charge in [0.1, 0.15) is 0 Å². The van der Waals surface area contributed by atoms with Crippen molar-refractivity contribution in [3.05, 3.63) is 19.3 Å². The van der Waals surface area contributed by atoms with Gasteiger partial charge in [-0.3, -0.25) is 19.0 Å². The molecule has 0 aliphatic carbocycles. The van der Waals surface area contributed by atoms with E-state index in [9.17, 15) is 14.4 Å². The van der Waals surface area contributed by atoms with E-state index in [0.29, 0.717) is 6.61 Å². The molecule has 0 fully saturated rings. The minimum atomic E-state index is -0.438. The summed E-state index contributed by atoms with van der Waals surface area (Å²) in [6.07, 6.45) is 0.0481. The van der Waals surface area contributed by atoms with Crippen LogP contribution in [0, 0.1) is 0 Å². The average Bonchev–Trinajstić information content (AvgIpc) is 2.46. The van der Waals surface area contributed by atoms with Crippen molar-refractivity contribution in [2.24, 2.45) is 0 Å². The van der Waals surface area contributed by atoms with E-state index in [2.05, 4.69) is 0 Å². The van der Waals surface area contributed by atoms with E-state index in [1.54, 1.807) is 13.8 Å². The summed E-state index contributed by atoms with van der Waals surface area (Å²) in [5, 5.41) is 0. The molecule has 0 aromatic carbocycles. The van der Waals surface area contributed by atoms with Crippen LogP contribution < -0.4 is 9.75 Å². The Morgan fingerprint density at radius 2 is 1.93 bits per heavy atom. The highest BCUT2D eigenvalue weighted by Gasteiger charge is 2.16. The van der Waals surface area contributed by atoms with Crippen molar-refractivity contribution in [3.63, 3.8) is 0 Å². The molecule has 0 saturated heterocycles. The molecule has 0 aliphatic rings. The Morgan fingerprint density at radius 1 is 1.40 bits per heavy atom. The van der Waals surface area contributed by atoms with Gasteiger partial charge in [-0.1, -0.05) is 0 Å². The summed E-state index contributed by atoms with van der Waals surface area (Å²) in [6.45, 7) is 3.66. The molecule has 1 aromatic heterocycles. The maximum Gasteiger partial charge on any atom is 0.320 e. The van der Waals surface area contributed by atoms with Gasteiger partial charge >= 0.3 is 15.7 Å². The van der Waals surface area contributed by atoms with Gasteiger partial charge in [-0.05, 0) is 34.5 Å². The zero-order chi connectivity index (χ0) is 11.4. The lowest BCUT2D eigenvalue weighted by molar-refractivity contribution is -0.143. The van der Waals surface area contributed by atoms with Crippen LogP contribution in [0.1, 0.15) is 26.3 Å². The van der Waals surface area contributed by atoms with E-state index in [4.69, 9.17) is 4.74 Å². The van der Waals surface area contributed by atoms with Crippen LogP contribution in [0.25, 0.3) is 0 Å². The Bertz CT molecular complexity index is 416. The van der Waals surface area contributed by atoms with Crippen molar-refractivity contribution in [1.82, 2.24) is 4.57 Å². The summed E-state index contributed by atoms with van der Waals surface area (Å²) in [4.78, 5) is 33.0. The molecule has 0 spiro atoms. The predicted octanol–water partition coefficient (Wildman–Crippen LogP) is 0.846. The van der Waals surface area contributed by atoms with Crippen LogP contribution in [0.2, 0.25) is 0 Å². The molecule has 0 N–H and O–H groups in total. The molecule has 1 aromatic rings. The molecule has 84 valence electrons. The molecule has 0 amide bonds. The van der Waals surface area contributed by atoms with Crippen LogP contribution in [0.15, 0.2) is 9.59 Å². The fourth-order valence-electron chi connectivity index (χ4n) is 1.14. The first-order chi connectivity index (χ1) is 7.06. The molecular weight excluding hydrogens is 238 g/mol. The third-order valence-electron chi connectivity index (χ3n) is 1.79. The second-order valence-corrected chi connectivity index (χ2v) is 4.96. The van der Waals surface area contributed by atoms with Gasteiger partial charge in [0.2, 0.25) is 0 Å². The van der Waals surface area contributed by atoms with E-state index in [-0.39, 0.29) is 16.2 Å². The smallest absolute Gasteiger partial charge is 0.320 e. The number of hydrogen-bond acceptors (Lipinski definition) is 6. The van der Waals surface area contributed by atoms with Crippen molar-refractivity contribution in [2.75, 3.05) is 6.61 Å². The Morgan fingerprint density at radius 3 is 2.40 bits per heavy atom. The molecule has 0 radical (unpaired) electrons. The van der Waals surface area contributed by atoms with Crippen LogP contribution in [0.3, 0.4) is 0 Å². The molecule has 0 aliphatic heterocycles. The molecule has 1 heterocycles. The molecule has 0 saturated carbocycles. The van der Waals surface area contributed by atoms with Crippen molar-refractivity contribution in [2.45, 2.75) is 26.3 Å². The van der Waals surface area contributed by atoms with Crippen molar-refractivity contribution in [1.29, 1.82) is 0 Å². The standard InChI is InChI=1S/C8H11NO4S2/c1-3-13-6(10)4-5(2)9-7(11)14-15-8(9)12/h5H,3-4H2,1-2H3/t5-/m0/s1. The SMILES string of the molecule is CCOC(=O)C[C@H](C)n1c(=O)ssc1=O. The summed E-state index contributed by atoms with van der Waals surface area (Å²) >= 11 is 0. The second-order valence-electron chi connectivity index (χ2n) is 2.93. The van der Waals surface area contributed by atoms with Gasteiger partial charge in [0.05, 0.1) is 13.0 Å². The number of aromatic nitrogens is 1. The van der Waals surface area contributed by atoms with Crippen LogP contribution in [-0.2, 0) is 9.53 Å². The van der Waals surface area contributed by atoms with Crippen LogP contribution in [0.5, 0.6) is 0 Å². The molecule has 1 atom stereocenters. The van der Waals surface area contributed by atoms with Crippen molar-refractivity contribution < 1.29 is 9.53 Å². The molecule has 0 unspecified atom stereocenters. The lowest BCUT2D eigenvalue weighted by Crippen LogP contribution is -2.29. The monoisotopic (exact) mass is 249 g/mol. The Balaban J connectivity index is 2.78. The Labute approximate surface area is 93.3 Å². The zero-order valence-corrected chi connectivity index (χ0v) is 10.0. The van der Waals surface area contributed by atoms with Crippen molar-refractivity contribution in [3.8, 4) is 0 Å². The highest BCUT2D eigenvalue weighted by Crippen LogP contribution is 2.08. The molecule has 7 heteroatoms. The van der Waals surface area contributed by atoms with Gasteiger partial charge in [-0.15, -0.1) is 0 Å². The predicted molar refractivity (Wildman–Crippen MR) is 58.7 cm³/mol. The summed E-state index contributed by atoms with van der Waals surface area (Å²) < 4.78 is 5.83. The highest BCUT2D eigenvalue weighted by atomic mass is 32.9. The maximum absolute atomic E-state index is 11.3. The second kappa shape index (κ2) is 5.22. The summed E-state index contributed by atoms with van der Waals surface area (Å²) in [6, 6.07) is -0.438. The topological polar surface area (TPSA) is 65.4 Å². The third kappa shape index (κ3) is 3.00. The third-order valence-corrected chi connectivity index (χ3v) is 3.65. The number of esters is 1. The first kappa shape index (κ1) is 12.1. The van der Waals surface area contributed by atoms with Gasteiger partial charge in [-0.2, -0.15) is 0 Å². The number of rotatable bonds is 4. The van der Waals surface area contributed by atoms with Gasteiger partial charge in [0.15, 0.2) is 0 Å². The minimum Gasteiger partial charge on any atom is -0.466 e. The molecule has 1 rings (SSSR count). The first-order valence-corrected chi connectivity index (χ1v) is 6.58. The molecular formula is C8H11NO4S2. The molecule has 5 nitrogen and oxygen atoms in total.